The van der Waals surface area contributed by atoms with Crippen molar-refractivity contribution in [1.29, 1.82) is 0 Å². The summed E-state index contributed by atoms with van der Waals surface area (Å²) in [4.78, 5) is 27.8. The third-order valence-electron chi connectivity index (χ3n) is 6.02. The first-order valence-electron chi connectivity index (χ1n) is 12.3. The number of likely N-dealkylation sites (N-methyl/N-ethyl adjacent to an activating group) is 1. The van der Waals surface area contributed by atoms with Crippen LogP contribution in [0.25, 0.3) is 0 Å². The highest BCUT2D eigenvalue weighted by atomic mass is 79.9. The lowest BCUT2D eigenvalue weighted by Gasteiger charge is -2.32. The Balaban J connectivity index is 2.03. The molecule has 0 heterocycles. The Morgan fingerprint density at radius 2 is 1.67 bits per heavy atom. The molecule has 0 saturated carbocycles. The molecule has 208 valence electrons. The number of methoxy groups -OCH3 is 1. The molecule has 0 bridgehead atoms. The molecule has 0 radical (unpaired) electrons. The second kappa shape index (κ2) is 13.5. The Kier molecular flexibility index (Phi) is 10.4. The Hall–Kier alpha value is -3.57. The molecule has 1 unspecified atom stereocenters. The van der Waals surface area contributed by atoms with Crippen LogP contribution in [0.2, 0.25) is 0 Å². The molecule has 3 rings (SSSR count). The smallest absolute Gasteiger partial charge is 0.264 e. The van der Waals surface area contributed by atoms with E-state index in [2.05, 4.69) is 21.2 Å². The van der Waals surface area contributed by atoms with Gasteiger partial charge in [0.25, 0.3) is 10.0 Å². The maximum Gasteiger partial charge on any atom is 0.264 e. The van der Waals surface area contributed by atoms with Gasteiger partial charge in [-0.15, -0.1) is 0 Å². The number of halogens is 1. The zero-order valence-corrected chi connectivity index (χ0v) is 24.7. The zero-order chi connectivity index (χ0) is 28.6. The quantitative estimate of drug-likeness (QED) is 0.326. The first-order valence-corrected chi connectivity index (χ1v) is 14.5. The van der Waals surface area contributed by atoms with E-state index in [0.29, 0.717) is 22.6 Å². The van der Waals surface area contributed by atoms with Crippen molar-refractivity contribution in [3.05, 3.63) is 82.8 Å². The minimum atomic E-state index is -4.16. The van der Waals surface area contributed by atoms with Crippen molar-refractivity contribution in [2.75, 3.05) is 31.6 Å². The molecule has 0 aliphatic rings. The third kappa shape index (κ3) is 7.51. The molecule has 11 heteroatoms. The molecule has 0 aromatic heterocycles. The van der Waals surface area contributed by atoms with Crippen LogP contribution < -0.4 is 19.1 Å². The molecular weight excluding hydrogens is 586 g/mol. The van der Waals surface area contributed by atoms with E-state index >= 15 is 0 Å². The predicted octanol–water partition coefficient (Wildman–Crippen LogP) is 4.22. The average Bonchev–Trinajstić information content (AvgIpc) is 2.94. The zero-order valence-electron chi connectivity index (χ0n) is 22.3. The van der Waals surface area contributed by atoms with E-state index in [-0.39, 0.29) is 23.0 Å². The summed E-state index contributed by atoms with van der Waals surface area (Å²) in [5, 5.41) is 2.57. The van der Waals surface area contributed by atoms with Gasteiger partial charge in [-0.05, 0) is 80.1 Å². The second-order valence-corrected chi connectivity index (χ2v) is 11.3. The van der Waals surface area contributed by atoms with Crippen LogP contribution in [0.4, 0.5) is 5.69 Å². The number of carbonyl (C=O) groups excluding carboxylic acids is 2. The van der Waals surface area contributed by atoms with E-state index in [1.807, 2.05) is 13.0 Å². The molecule has 1 N–H and O–H groups in total. The lowest BCUT2D eigenvalue weighted by Crippen LogP contribution is -2.50. The molecule has 3 aromatic carbocycles. The number of sulfonamides is 1. The van der Waals surface area contributed by atoms with Crippen LogP contribution in [0.1, 0.15) is 19.4 Å². The minimum absolute atomic E-state index is 0.0195. The fraction of sp³-hybridized carbons (Fsp3) is 0.286. The molecule has 0 aliphatic carbocycles. The minimum Gasteiger partial charge on any atom is -0.497 e. The summed E-state index contributed by atoms with van der Waals surface area (Å²) >= 11 is 3.32. The van der Waals surface area contributed by atoms with Crippen molar-refractivity contribution >= 4 is 43.5 Å². The van der Waals surface area contributed by atoms with Gasteiger partial charge in [0, 0.05) is 18.1 Å². The second-order valence-electron chi connectivity index (χ2n) is 8.56. The average molecular weight is 619 g/mol. The number of rotatable bonds is 12. The van der Waals surface area contributed by atoms with Crippen LogP contribution in [-0.4, -0.2) is 58.5 Å². The highest BCUT2D eigenvalue weighted by Gasteiger charge is 2.32. The summed E-state index contributed by atoms with van der Waals surface area (Å²) in [6.07, 6.45) is 0. The molecule has 3 aromatic rings. The molecule has 0 saturated heterocycles. The van der Waals surface area contributed by atoms with Crippen LogP contribution in [0.15, 0.2) is 82.2 Å². The van der Waals surface area contributed by atoms with Crippen LogP contribution >= 0.6 is 15.9 Å². The van der Waals surface area contributed by atoms with Gasteiger partial charge in [0.05, 0.1) is 24.3 Å². The Bertz CT molecular complexity index is 1380. The van der Waals surface area contributed by atoms with E-state index in [9.17, 15) is 18.0 Å². The van der Waals surface area contributed by atoms with Gasteiger partial charge in [0.1, 0.15) is 24.1 Å². The van der Waals surface area contributed by atoms with Gasteiger partial charge >= 0.3 is 0 Å². The number of hydrogen-bond acceptors (Lipinski definition) is 6. The van der Waals surface area contributed by atoms with Gasteiger partial charge < -0.3 is 19.7 Å². The highest BCUT2D eigenvalue weighted by Crippen LogP contribution is 2.27. The summed E-state index contributed by atoms with van der Waals surface area (Å²) in [5.74, 6) is 0.237. The van der Waals surface area contributed by atoms with Crippen molar-refractivity contribution < 1.29 is 27.5 Å². The molecule has 39 heavy (non-hydrogen) atoms. The summed E-state index contributed by atoms with van der Waals surface area (Å²) in [6.45, 7) is 3.44. The number of nitrogens with one attached hydrogen (secondary N) is 1. The van der Waals surface area contributed by atoms with E-state index in [4.69, 9.17) is 9.47 Å². The first-order chi connectivity index (χ1) is 18.6. The van der Waals surface area contributed by atoms with E-state index in [0.717, 1.165) is 9.87 Å². The number of amides is 2. The fourth-order valence-electron chi connectivity index (χ4n) is 3.90. The monoisotopic (exact) mass is 617 g/mol. The van der Waals surface area contributed by atoms with Crippen LogP contribution in [0, 0.1) is 0 Å². The van der Waals surface area contributed by atoms with Crippen molar-refractivity contribution in [1.82, 2.24) is 10.2 Å². The van der Waals surface area contributed by atoms with Gasteiger partial charge in [-0.1, -0.05) is 28.1 Å². The summed E-state index contributed by atoms with van der Waals surface area (Å²) < 4.78 is 40.2. The molecule has 1 atom stereocenters. The molecular formula is C28H32BrN3O6S. The highest BCUT2D eigenvalue weighted by molar-refractivity contribution is 9.10. The number of carbonyl (C=O) groups is 2. The normalized spacial score (nSPS) is 11.8. The maximum absolute atomic E-state index is 13.8. The van der Waals surface area contributed by atoms with E-state index < -0.39 is 28.5 Å². The third-order valence-corrected chi connectivity index (χ3v) is 8.33. The summed E-state index contributed by atoms with van der Waals surface area (Å²) in [6, 6.07) is 18.9. The molecule has 0 spiro atoms. The molecule has 0 aliphatic heterocycles. The lowest BCUT2D eigenvalue weighted by atomic mass is 10.1. The van der Waals surface area contributed by atoms with Gasteiger partial charge in [0.2, 0.25) is 11.8 Å². The Morgan fingerprint density at radius 3 is 2.26 bits per heavy atom. The fourth-order valence-corrected chi connectivity index (χ4v) is 5.58. The summed E-state index contributed by atoms with van der Waals surface area (Å²) in [7, 11) is -1.13. The number of ether oxygens (including phenoxy) is 2. The lowest BCUT2D eigenvalue weighted by molar-refractivity contribution is -0.139. The van der Waals surface area contributed by atoms with Crippen LogP contribution in [0.5, 0.6) is 11.5 Å². The predicted molar refractivity (Wildman–Crippen MR) is 153 cm³/mol. The first kappa shape index (κ1) is 30.0. The standard InChI is InChI=1S/C28H32BrN3O6S/c1-5-38-24-13-11-23(12-14-24)32(39(35,36)26-15-9-22(29)10-16-26)19-27(33)31(20(2)28(34)30-3)18-21-7-6-8-25(17-21)37-4/h6-17,20H,5,18-19H2,1-4H3,(H,30,34). The van der Waals surface area contributed by atoms with Crippen molar-refractivity contribution in [2.45, 2.75) is 31.3 Å². The van der Waals surface area contributed by atoms with Crippen molar-refractivity contribution in [2.24, 2.45) is 0 Å². The maximum atomic E-state index is 13.8. The largest absolute Gasteiger partial charge is 0.497 e. The summed E-state index contributed by atoms with van der Waals surface area (Å²) in [5.41, 5.74) is 1.01. The number of nitrogens with zero attached hydrogens (tertiary/aromatic N) is 2. The van der Waals surface area contributed by atoms with Crippen LogP contribution in [-0.2, 0) is 26.2 Å². The van der Waals surface area contributed by atoms with Gasteiger partial charge in [-0.2, -0.15) is 0 Å². The Morgan fingerprint density at radius 1 is 1.00 bits per heavy atom. The van der Waals surface area contributed by atoms with Gasteiger partial charge in [0.15, 0.2) is 0 Å². The molecule has 9 nitrogen and oxygen atoms in total. The SMILES string of the molecule is CCOc1ccc(N(CC(=O)N(Cc2cccc(OC)c2)C(C)C(=O)NC)S(=O)(=O)c2ccc(Br)cc2)cc1. The number of hydrogen-bond donors (Lipinski definition) is 1. The molecule has 2 amide bonds. The van der Waals surface area contributed by atoms with Gasteiger partial charge in [-0.3, -0.25) is 13.9 Å². The van der Waals surface area contributed by atoms with Gasteiger partial charge in [-0.25, -0.2) is 8.42 Å². The van der Waals surface area contributed by atoms with Crippen LogP contribution in [0.3, 0.4) is 0 Å². The number of benzene rings is 3. The van der Waals surface area contributed by atoms with E-state index in [1.165, 1.54) is 31.2 Å². The molecule has 0 fully saturated rings. The van der Waals surface area contributed by atoms with E-state index in [1.54, 1.807) is 61.5 Å². The number of anilines is 1. The van der Waals surface area contributed by atoms with Crippen molar-refractivity contribution in [3.8, 4) is 11.5 Å². The van der Waals surface area contributed by atoms with Crippen molar-refractivity contribution in [3.63, 3.8) is 0 Å². The topological polar surface area (TPSA) is 105 Å². The Labute approximate surface area is 237 Å².